The maximum absolute atomic E-state index is 12.0. The molecular formula is C15H20N6O2. The average Bonchev–Trinajstić information content (AvgIpc) is 2.90. The number of aryl methyl sites for hydroxylation is 1. The Morgan fingerprint density at radius 1 is 1.39 bits per heavy atom. The third kappa shape index (κ3) is 3.53. The lowest BCUT2D eigenvalue weighted by Crippen LogP contribution is -2.44. The summed E-state index contributed by atoms with van der Waals surface area (Å²) in [6, 6.07) is 0.184. The van der Waals surface area contributed by atoms with E-state index in [1.54, 1.807) is 18.6 Å². The molecule has 3 rings (SSSR count). The maximum atomic E-state index is 12.0. The molecule has 1 saturated carbocycles. The van der Waals surface area contributed by atoms with Crippen LogP contribution in [0.5, 0.6) is 0 Å². The van der Waals surface area contributed by atoms with E-state index in [0.29, 0.717) is 18.7 Å². The number of carbonyl (C=O) groups excluding carboxylic acids is 1. The molecule has 23 heavy (non-hydrogen) atoms. The van der Waals surface area contributed by atoms with Gasteiger partial charge in [-0.25, -0.2) is 0 Å². The van der Waals surface area contributed by atoms with Gasteiger partial charge in [0.1, 0.15) is 12.4 Å². The predicted octanol–water partition coefficient (Wildman–Crippen LogP) is 0.0924. The number of carbonyl (C=O) groups is 1. The van der Waals surface area contributed by atoms with E-state index >= 15 is 0 Å². The van der Waals surface area contributed by atoms with E-state index in [-0.39, 0.29) is 24.5 Å². The molecule has 2 aromatic heterocycles. The summed E-state index contributed by atoms with van der Waals surface area (Å²) in [6.07, 6.45) is 7.65. The van der Waals surface area contributed by atoms with Crippen LogP contribution in [0.1, 0.15) is 42.5 Å². The molecule has 0 aliphatic heterocycles. The SMILES string of the molecule is Cn1c(CO)nnc1C1CC(NC(=O)CCc2cnccn2)C1. The van der Waals surface area contributed by atoms with Crippen molar-refractivity contribution in [3.05, 3.63) is 35.9 Å². The topological polar surface area (TPSA) is 106 Å². The van der Waals surface area contributed by atoms with Gasteiger partial charge in [0.2, 0.25) is 5.91 Å². The molecule has 0 spiro atoms. The molecule has 2 heterocycles. The van der Waals surface area contributed by atoms with Crippen LogP contribution >= 0.6 is 0 Å². The second-order valence-electron chi connectivity index (χ2n) is 5.82. The van der Waals surface area contributed by atoms with Gasteiger partial charge in [-0.2, -0.15) is 0 Å². The summed E-state index contributed by atoms with van der Waals surface area (Å²) in [5.74, 6) is 1.77. The number of aliphatic hydroxyl groups is 1. The van der Waals surface area contributed by atoms with Gasteiger partial charge in [0.15, 0.2) is 5.82 Å². The zero-order chi connectivity index (χ0) is 16.2. The third-order valence-corrected chi connectivity index (χ3v) is 4.23. The van der Waals surface area contributed by atoms with Gasteiger partial charge in [0.25, 0.3) is 0 Å². The Morgan fingerprint density at radius 3 is 2.87 bits per heavy atom. The first-order chi connectivity index (χ1) is 11.2. The number of hydrogen-bond acceptors (Lipinski definition) is 6. The lowest BCUT2D eigenvalue weighted by atomic mass is 9.79. The molecule has 1 aliphatic rings. The molecule has 8 heteroatoms. The quantitative estimate of drug-likeness (QED) is 0.782. The number of aliphatic hydroxyl groups excluding tert-OH is 1. The molecule has 0 radical (unpaired) electrons. The smallest absolute Gasteiger partial charge is 0.220 e. The van der Waals surface area contributed by atoms with Crippen molar-refractivity contribution in [1.82, 2.24) is 30.0 Å². The second-order valence-corrected chi connectivity index (χ2v) is 5.82. The molecule has 2 N–H and O–H groups in total. The number of nitrogens with one attached hydrogen (secondary N) is 1. The highest BCUT2D eigenvalue weighted by molar-refractivity contribution is 5.76. The molecule has 0 bridgehead atoms. The van der Waals surface area contributed by atoms with Gasteiger partial charge in [0.05, 0.1) is 5.69 Å². The number of rotatable bonds is 6. The van der Waals surface area contributed by atoms with Crippen molar-refractivity contribution >= 4 is 5.91 Å². The van der Waals surface area contributed by atoms with Crippen molar-refractivity contribution in [3.63, 3.8) is 0 Å². The number of amides is 1. The van der Waals surface area contributed by atoms with Crippen molar-refractivity contribution in [2.45, 2.75) is 44.2 Å². The Bertz CT molecular complexity index is 666. The van der Waals surface area contributed by atoms with Crippen LogP contribution in [-0.4, -0.2) is 41.8 Å². The highest BCUT2D eigenvalue weighted by atomic mass is 16.3. The van der Waals surface area contributed by atoms with Gasteiger partial charge < -0.3 is 15.0 Å². The van der Waals surface area contributed by atoms with Gasteiger partial charge in [0, 0.05) is 44.0 Å². The van der Waals surface area contributed by atoms with Crippen LogP contribution in [-0.2, 0) is 24.9 Å². The van der Waals surface area contributed by atoms with E-state index in [9.17, 15) is 4.79 Å². The standard InChI is InChI=1S/C15H20N6O2/c1-21-13(9-22)19-20-15(21)10-6-12(7-10)18-14(23)3-2-11-8-16-4-5-17-11/h4-5,8,10,12,22H,2-3,6-7,9H2,1H3,(H,18,23). The first-order valence-electron chi connectivity index (χ1n) is 7.70. The number of nitrogens with zero attached hydrogens (tertiary/aromatic N) is 5. The van der Waals surface area contributed by atoms with E-state index in [1.807, 2.05) is 11.6 Å². The molecular weight excluding hydrogens is 296 g/mol. The highest BCUT2D eigenvalue weighted by Crippen LogP contribution is 2.35. The average molecular weight is 316 g/mol. The Labute approximate surface area is 134 Å². The third-order valence-electron chi connectivity index (χ3n) is 4.23. The van der Waals surface area contributed by atoms with Gasteiger partial charge in [-0.15, -0.1) is 10.2 Å². The largest absolute Gasteiger partial charge is 0.388 e. The minimum atomic E-state index is -0.112. The van der Waals surface area contributed by atoms with Crippen LogP contribution in [0, 0.1) is 0 Å². The van der Waals surface area contributed by atoms with Crippen molar-refractivity contribution in [1.29, 1.82) is 0 Å². The van der Waals surface area contributed by atoms with E-state index in [4.69, 9.17) is 5.11 Å². The molecule has 2 aromatic rings. The predicted molar refractivity (Wildman–Crippen MR) is 81.2 cm³/mol. The molecule has 0 unspecified atom stereocenters. The number of aromatic nitrogens is 5. The normalized spacial score (nSPS) is 20.1. The Kier molecular flexibility index (Phi) is 4.61. The van der Waals surface area contributed by atoms with E-state index < -0.39 is 0 Å². The van der Waals surface area contributed by atoms with E-state index in [2.05, 4.69) is 25.5 Å². The van der Waals surface area contributed by atoms with Crippen LogP contribution in [0.15, 0.2) is 18.6 Å². The second kappa shape index (κ2) is 6.82. The van der Waals surface area contributed by atoms with Crippen molar-refractivity contribution in [2.75, 3.05) is 0 Å². The van der Waals surface area contributed by atoms with Crippen molar-refractivity contribution in [2.24, 2.45) is 7.05 Å². The fourth-order valence-electron chi connectivity index (χ4n) is 2.82. The minimum absolute atomic E-state index is 0.0353. The van der Waals surface area contributed by atoms with E-state index in [1.165, 1.54) is 0 Å². The molecule has 0 aromatic carbocycles. The molecule has 1 amide bonds. The van der Waals surface area contributed by atoms with Gasteiger partial charge in [-0.1, -0.05) is 0 Å². The summed E-state index contributed by atoms with van der Waals surface area (Å²) in [7, 11) is 1.85. The summed E-state index contributed by atoms with van der Waals surface area (Å²) in [6.45, 7) is -0.112. The van der Waals surface area contributed by atoms with E-state index in [0.717, 1.165) is 24.4 Å². The molecule has 8 nitrogen and oxygen atoms in total. The highest BCUT2D eigenvalue weighted by Gasteiger charge is 2.34. The van der Waals surface area contributed by atoms with Crippen molar-refractivity contribution < 1.29 is 9.90 Å². The molecule has 0 saturated heterocycles. The van der Waals surface area contributed by atoms with Gasteiger partial charge in [-0.05, 0) is 19.3 Å². The first-order valence-corrected chi connectivity index (χ1v) is 7.70. The monoisotopic (exact) mass is 316 g/mol. The summed E-state index contributed by atoms with van der Waals surface area (Å²) in [5, 5.41) is 20.2. The zero-order valence-corrected chi connectivity index (χ0v) is 13.0. The Balaban J connectivity index is 1.43. The van der Waals surface area contributed by atoms with Crippen LogP contribution in [0.3, 0.4) is 0 Å². The van der Waals surface area contributed by atoms with Gasteiger partial charge >= 0.3 is 0 Å². The fraction of sp³-hybridized carbons (Fsp3) is 0.533. The van der Waals surface area contributed by atoms with Crippen LogP contribution in [0.25, 0.3) is 0 Å². The fourth-order valence-corrected chi connectivity index (χ4v) is 2.82. The number of hydrogen-bond donors (Lipinski definition) is 2. The zero-order valence-electron chi connectivity index (χ0n) is 13.0. The van der Waals surface area contributed by atoms with Gasteiger partial charge in [-0.3, -0.25) is 14.8 Å². The first kappa shape index (κ1) is 15.5. The molecule has 1 aliphatic carbocycles. The Hall–Kier alpha value is -2.35. The molecule has 1 fully saturated rings. The minimum Gasteiger partial charge on any atom is -0.388 e. The summed E-state index contributed by atoms with van der Waals surface area (Å²) in [5.41, 5.74) is 0.824. The lowest BCUT2D eigenvalue weighted by Gasteiger charge is -2.35. The van der Waals surface area contributed by atoms with Crippen LogP contribution < -0.4 is 5.32 Å². The van der Waals surface area contributed by atoms with Crippen molar-refractivity contribution in [3.8, 4) is 0 Å². The lowest BCUT2D eigenvalue weighted by molar-refractivity contribution is -0.122. The van der Waals surface area contributed by atoms with Crippen LogP contribution in [0.4, 0.5) is 0 Å². The molecule has 122 valence electrons. The summed E-state index contributed by atoms with van der Waals surface area (Å²) < 4.78 is 1.83. The summed E-state index contributed by atoms with van der Waals surface area (Å²) >= 11 is 0. The molecule has 0 atom stereocenters. The Morgan fingerprint density at radius 2 is 2.22 bits per heavy atom. The maximum Gasteiger partial charge on any atom is 0.220 e. The summed E-state index contributed by atoms with van der Waals surface area (Å²) in [4.78, 5) is 20.1. The van der Waals surface area contributed by atoms with Crippen LogP contribution in [0.2, 0.25) is 0 Å².